The molecule has 0 unspecified atom stereocenters. The number of ether oxygens (including phenoxy) is 1. The van der Waals surface area contributed by atoms with Crippen molar-refractivity contribution in [3.63, 3.8) is 0 Å². The standard InChI is InChI=1S/C15H15ClO2/c1-9-6-10(2)15(14(7-9)18-3)11-4-5-13(17)12(16)8-11/h4-8,17H,1-3H3. The fourth-order valence-corrected chi connectivity index (χ4v) is 2.30. The third-order valence-corrected chi connectivity index (χ3v) is 3.20. The number of halogens is 1. The highest BCUT2D eigenvalue weighted by Crippen LogP contribution is 2.37. The molecule has 0 saturated carbocycles. The van der Waals surface area contributed by atoms with Gasteiger partial charge in [-0.05, 0) is 48.7 Å². The van der Waals surface area contributed by atoms with Crippen molar-refractivity contribution in [3.05, 3.63) is 46.5 Å². The Morgan fingerprint density at radius 3 is 2.44 bits per heavy atom. The van der Waals surface area contributed by atoms with Crippen LogP contribution in [0.3, 0.4) is 0 Å². The number of methoxy groups -OCH3 is 1. The minimum absolute atomic E-state index is 0.0872. The fraction of sp³-hybridized carbons (Fsp3) is 0.200. The van der Waals surface area contributed by atoms with Gasteiger partial charge in [-0.3, -0.25) is 0 Å². The minimum atomic E-state index is 0.0872. The van der Waals surface area contributed by atoms with Crippen LogP contribution < -0.4 is 4.74 Å². The highest BCUT2D eigenvalue weighted by molar-refractivity contribution is 6.32. The van der Waals surface area contributed by atoms with E-state index in [0.717, 1.165) is 28.0 Å². The zero-order valence-corrected chi connectivity index (χ0v) is 11.4. The van der Waals surface area contributed by atoms with Crippen molar-refractivity contribution in [1.82, 2.24) is 0 Å². The van der Waals surface area contributed by atoms with Crippen LogP contribution in [0.2, 0.25) is 5.02 Å². The van der Waals surface area contributed by atoms with Crippen molar-refractivity contribution in [3.8, 4) is 22.6 Å². The molecule has 0 atom stereocenters. The number of hydrogen-bond acceptors (Lipinski definition) is 2. The molecule has 0 aromatic heterocycles. The Balaban J connectivity index is 2.66. The summed E-state index contributed by atoms with van der Waals surface area (Å²) in [7, 11) is 1.65. The van der Waals surface area contributed by atoms with Gasteiger partial charge in [-0.2, -0.15) is 0 Å². The van der Waals surface area contributed by atoms with Gasteiger partial charge in [0.15, 0.2) is 0 Å². The molecule has 0 amide bonds. The average Bonchev–Trinajstić information content (AvgIpc) is 2.32. The molecule has 0 aliphatic carbocycles. The van der Waals surface area contributed by atoms with Gasteiger partial charge in [0.25, 0.3) is 0 Å². The first-order valence-electron chi connectivity index (χ1n) is 5.67. The maximum Gasteiger partial charge on any atom is 0.134 e. The van der Waals surface area contributed by atoms with Gasteiger partial charge < -0.3 is 9.84 Å². The normalized spacial score (nSPS) is 10.4. The van der Waals surface area contributed by atoms with Gasteiger partial charge in [0.2, 0.25) is 0 Å². The lowest BCUT2D eigenvalue weighted by atomic mass is 9.97. The van der Waals surface area contributed by atoms with E-state index in [4.69, 9.17) is 16.3 Å². The summed E-state index contributed by atoms with van der Waals surface area (Å²) in [6.07, 6.45) is 0. The van der Waals surface area contributed by atoms with Crippen molar-refractivity contribution >= 4 is 11.6 Å². The fourth-order valence-electron chi connectivity index (χ4n) is 2.12. The summed E-state index contributed by atoms with van der Waals surface area (Å²) >= 11 is 5.95. The molecule has 2 aromatic rings. The number of aromatic hydroxyl groups is 1. The molecule has 0 heterocycles. The molecule has 0 fully saturated rings. The Morgan fingerprint density at radius 1 is 1.11 bits per heavy atom. The number of phenols is 1. The molecule has 2 nitrogen and oxygen atoms in total. The maximum absolute atomic E-state index is 9.47. The Kier molecular flexibility index (Phi) is 3.48. The van der Waals surface area contributed by atoms with Crippen LogP contribution >= 0.6 is 11.6 Å². The van der Waals surface area contributed by atoms with Gasteiger partial charge in [-0.1, -0.05) is 23.7 Å². The molecule has 1 N–H and O–H groups in total. The molecule has 0 radical (unpaired) electrons. The first-order chi connectivity index (χ1) is 8.52. The molecule has 0 saturated heterocycles. The predicted octanol–water partition coefficient (Wildman–Crippen LogP) is 4.34. The molecular formula is C15H15ClO2. The molecule has 0 bridgehead atoms. The van der Waals surface area contributed by atoms with E-state index in [-0.39, 0.29) is 5.75 Å². The lowest BCUT2D eigenvalue weighted by Gasteiger charge is -2.13. The van der Waals surface area contributed by atoms with E-state index >= 15 is 0 Å². The first-order valence-corrected chi connectivity index (χ1v) is 6.05. The second kappa shape index (κ2) is 4.91. The SMILES string of the molecule is COc1cc(C)cc(C)c1-c1ccc(O)c(Cl)c1. The minimum Gasteiger partial charge on any atom is -0.506 e. The summed E-state index contributed by atoms with van der Waals surface area (Å²) in [4.78, 5) is 0. The number of rotatable bonds is 2. The van der Waals surface area contributed by atoms with Crippen LogP contribution in [0, 0.1) is 13.8 Å². The monoisotopic (exact) mass is 262 g/mol. The van der Waals surface area contributed by atoms with E-state index in [9.17, 15) is 5.11 Å². The van der Waals surface area contributed by atoms with E-state index in [2.05, 4.69) is 6.07 Å². The Bertz CT molecular complexity index is 591. The van der Waals surface area contributed by atoms with Gasteiger partial charge in [-0.15, -0.1) is 0 Å². The first kappa shape index (κ1) is 12.8. The molecule has 0 aliphatic rings. The topological polar surface area (TPSA) is 29.5 Å². The van der Waals surface area contributed by atoms with Crippen molar-refractivity contribution in [2.24, 2.45) is 0 Å². The van der Waals surface area contributed by atoms with Crippen LogP contribution in [0.5, 0.6) is 11.5 Å². The van der Waals surface area contributed by atoms with E-state index in [0.29, 0.717) is 5.02 Å². The summed E-state index contributed by atoms with van der Waals surface area (Å²) in [5, 5.41) is 9.81. The third kappa shape index (κ3) is 2.29. The molecule has 3 heteroatoms. The zero-order chi connectivity index (χ0) is 13.3. The molecule has 18 heavy (non-hydrogen) atoms. The average molecular weight is 263 g/mol. The smallest absolute Gasteiger partial charge is 0.134 e. The van der Waals surface area contributed by atoms with Crippen molar-refractivity contribution in [2.75, 3.05) is 7.11 Å². The Morgan fingerprint density at radius 2 is 1.83 bits per heavy atom. The highest BCUT2D eigenvalue weighted by Gasteiger charge is 2.11. The molecule has 0 spiro atoms. The number of aryl methyl sites for hydroxylation is 2. The molecule has 0 aliphatic heterocycles. The highest BCUT2D eigenvalue weighted by atomic mass is 35.5. The number of benzene rings is 2. The van der Waals surface area contributed by atoms with Crippen LogP contribution in [0.1, 0.15) is 11.1 Å². The van der Waals surface area contributed by atoms with Crippen LogP contribution in [0.4, 0.5) is 0 Å². The van der Waals surface area contributed by atoms with E-state index < -0.39 is 0 Å². The maximum atomic E-state index is 9.47. The number of phenolic OH excluding ortho intramolecular Hbond substituents is 1. The van der Waals surface area contributed by atoms with Crippen molar-refractivity contribution in [2.45, 2.75) is 13.8 Å². The predicted molar refractivity (Wildman–Crippen MR) is 74.6 cm³/mol. The third-order valence-electron chi connectivity index (χ3n) is 2.90. The van der Waals surface area contributed by atoms with Gasteiger partial charge in [0.1, 0.15) is 11.5 Å². The van der Waals surface area contributed by atoms with Crippen LogP contribution in [0.25, 0.3) is 11.1 Å². The summed E-state index contributed by atoms with van der Waals surface area (Å²) in [6.45, 7) is 4.06. The molecule has 2 aromatic carbocycles. The quantitative estimate of drug-likeness (QED) is 0.872. The van der Waals surface area contributed by atoms with Crippen LogP contribution in [0.15, 0.2) is 30.3 Å². The summed E-state index contributed by atoms with van der Waals surface area (Å²) < 4.78 is 5.43. The summed E-state index contributed by atoms with van der Waals surface area (Å²) in [5.74, 6) is 0.901. The molecule has 94 valence electrons. The van der Waals surface area contributed by atoms with Gasteiger partial charge in [0, 0.05) is 5.56 Å². The lowest BCUT2D eigenvalue weighted by Crippen LogP contribution is -1.92. The second-order valence-electron chi connectivity index (χ2n) is 4.33. The summed E-state index contributed by atoms with van der Waals surface area (Å²) in [5.41, 5.74) is 4.21. The van der Waals surface area contributed by atoms with E-state index in [1.165, 1.54) is 0 Å². The van der Waals surface area contributed by atoms with E-state index in [1.54, 1.807) is 19.2 Å². The lowest BCUT2D eigenvalue weighted by molar-refractivity contribution is 0.416. The zero-order valence-electron chi connectivity index (χ0n) is 10.6. The summed E-state index contributed by atoms with van der Waals surface area (Å²) in [6, 6.07) is 9.26. The van der Waals surface area contributed by atoms with Crippen molar-refractivity contribution in [1.29, 1.82) is 0 Å². The van der Waals surface area contributed by atoms with Crippen molar-refractivity contribution < 1.29 is 9.84 Å². The van der Waals surface area contributed by atoms with Gasteiger partial charge in [0.05, 0.1) is 12.1 Å². The largest absolute Gasteiger partial charge is 0.506 e. The van der Waals surface area contributed by atoms with Crippen LogP contribution in [-0.4, -0.2) is 12.2 Å². The molecular weight excluding hydrogens is 248 g/mol. The molecule has 2 rings (SSSR count). The van der Waals surface area contributed by atoms with E-state index in [1.807, 2.05) is 26.0 Å². The second-order valence-corrected chi connectivity index (χ2v) is 4.73. The van der Waals surface area contributed by atoms with Gasteiger partial charge in [-0.25, -0.2) is 0 Å². The Labute approximate surface area is 112 Å². The van der Waals surface area contributed by atoms with Crippen LogP contribution in [-0.2, 0) is 0 Å². The van der Waals surface area contributed by atoms with Gasteiger partial charge >= 0.3 is 0 Å². The Hall–Kier alpha value is -1.67. The number of hydrogen-bond donors (Lipinski definition) is 1.